The van der Waals surface area contributed by atoms with E-state index in [1.165, 1.54) is 17.5 Å². The van der Waals surface area contributed by atoms with E-state index in [-0.39, 0.29) is 11.6 Å². The largest absolute Gasteiger partial charge is 0.359 e. The molecule has 0 amide bonds. The summed E-state index contributed by atoms with van der Waals surface area (Å²) in [4.78, 5) is 6.58. The maximum Gasteiger partial charge on any atom is 0.246 e. The van der Waals surface area contributed by atoms with E-state index in [0.29, 0.717) is 18.5 Å². The third-order valence-electron chi connectivity index (χ3n) is 4.32. The van der Waals surface area contributed by atoms with Crippen molar-refractivity contribution in [2.45, 2.75) is 50.9 Å². The highest BCUT2D eigenvalue weighted by molar-refractivity contribution is 7.89. The van der Waals surface area contributed by atoms with Crippen LogP contribution in [-0.4, -0.2) is 30.9 Å². The molecule has 0 saturated heterocycles. The molecule has 1 aliphatic rings. The molecule has 0 N–H and O–H groups in total. The fourth-order valence-electron chi connectivity index (χ4n) is 3.32. The fraction of sp³-hybridized carbons (Fsp3) is 0.529. The van der Waals surface area contributed by atoms with Crippen molar-refractivity contribution in [2.24, 2.45) is 0 Å². The highest BCUT2D eigenvalue weighted by Gasteiger charge is 2.27. The van der Waals surface area contributed by atoms with Crippen LogP contribution in [-0.2, 0) is 28.6 Å². The van der Waals surface area contributed by atoms with Crippen molar-refractivity contribution in [3.8, 4) is 0 Å². The summed E-state index contributed by atoms with van der Waals surface area (Å²) in [6, 6.07) is 8.84. The van der Waals surface area contributed by atoms with E-state index in [1.54, 1.807) is 0 Å². The van der Waals surface area contributed by atoms with Gasteiger partial charge in [0, 0.05) is 18.0 Å². The standard InChI is InChI=1S/C17H23N3O3S/c1-3-6-14-10-9-13-7-4-5-8-15(13)20(14)11-17-18-16(19-23-17)12-24(2,21)22/h4-5,7-8,14H,3,6,9-12H2,1-2H3/t14-/m0/s1. The molecule has 2 heterocycles. The first kappa shape index (κ1) is 17.0. The van der Waals surface area contributed by atoms with Gasteiger partial charge in [0.05, 0.1) is 6.54 Å². The Morgan fingerprint density at radius 3 is 2.88 bits per heavy atom. The van der Waals surface area contributed by atoms with E-state index in [0.717, 1.165) is 25.7 Å². The molecule has 24 heavy (non-hydrogen) atoms. The summed E-state index contributed by atoms with van der Waals surface area (Å²) in [6.07, 6.45) is 5.59. The van der Waals surface area contributed by atoms with E-state index in [1.807, 2.05) is 6.07 Å². The second-order valence-electron chi connectivity index (χ2n) is 6.41. The molecule has 1 aromatic heterocycles. The van der Waals surface area contributed by atoms with Crippen LogP contribution >= 0.6 is 0 Å². The van der Waals surface area contributed by atoms with Crippen LogP contribution < -0.4 is 4.90 Å². The lowest BCUT2D eigenvalue weighted by Gasteiger charge is -2.38. The van der Waals surface area contributed by atoms with Crippen LogP contribution in [0.15, 0.2) is 28.8 Å². The van der Waals surface area contributed by atoms with Gasteiger partial charge in [-0.25, -0.2) is 8.42 Å². The molecular formula is C17H23N3O3S. The van der Waals surface area contributed by atoms with Gasteiger partial charge in [-0.3, -0.25) is 0 Å². The van der Waals surface area contributed by atoms with Gasteiger partial charge in [-0.05, 0) is 30.9 Å². The van der Waals surface area contributed by atoms with Gasteiger partial charge in [0.1, 0.15) is 5.75 Å². The molecule has 1 atom stereocenters. The van der Waals surface area contributed by atoms with Crippen LogP contribution in [0.25, 0.3) is 0 Å². The van der Waals surface area contributed by atoms with Crippen molar-refractivity contribution in [1.82, 2.24) is 10.1 Å². The van der Waals surface area contributed by atoms with Crippen LogP contribution in [0.5, 0.6) is 0 Å². The Balaban J connectivity index is 1.83. The molecule has 3 rings (SSSR count). The van der Waals surface area contributed by atoms with Crippen molar-refractivity contribution < 1.29 is 12.9 Å². The Kier molecular flexibility index (Phi) is 4.89. The maximum atomic E-state index is 11.4. The molecule has 1 aromatic carbocycles. The lowest BCUT2D eigenvalue weighted by molar-refractivity contribution is 0.361. The molecule has 2 aromatic rings. The van der Waals surface area contributed by atoms with Gasteiger partial charge >= 0.3 is 0 Å². The number of aromatic nitrogens is 2. The predicted octanol–water partition coefficient (Wildman–Crippen LogP) is 2.74. The predicted molar refractivity (Wildman–Crippen MR) is 92.5 cm³/mol. The summed E-state index contributed by atoms with van der Waals surface area (Å²) in [5.74, 6) is 0.502. The number of fused-ring (bicyclic) bond motifs is 1. The molecule has 1 aliphatic heterocycles. The molecule has 0 spiro atoms. The fourth-order valence-corrected chi connectivity index (χ4v) is 3.90. The van der Waals surface area contributed by atoms with E-state index >= 15 is 0 Å². The quantitative estimate of drug-likeness (QED) is 0.798. The normalized spacial score (nSPS) is 17.8. The number of benzene rings is 1. The Hall–Kier alpha value is -1.89. The molecular weight excluding hydrogens is 326 g/mol. The van der Waals surface area contributed by atoms with Crippen molar-refractivity contribution in [1.29, 1.82) is 0 Å². The van der Waals surface area contributed by atoms with E-state index in [2.05, 4.69) is 40.2 Å². The average Bonchev–Trinajstić information content (AvgIpc) is 2.95. The molecule has 0 radical (unpaired) electrons. The lowest BCUT2D eigenvalue weighted by Crippen LogP contribution is -2.38. The molecule has 0 saturated carbocycles. The lowest BCUT2D eigenvalue weighted by atomic mass is 9.93. The van der Waals surface area contributed by atoms with Crippen molar-refractivity contribution >= 4 is 15.5 Å². The van der Waals surface area contributed by atoms with E-state index < -0.39 is 9.84 Å². The Morgan fingerprint density at radius 1 is 1.33 bits per heavy atom. The number of anilines is 1. The highest BCUT2D eigenvalue weighted by atomic mass is 32.2. The highest BCUT2D eigenvalue weighted by Crippen LogP contribution is 2.33. The van der Waals surface area contributed by atoms with Crippen molar-refractivity contribution in [3.63, 3.8) is 0 Å². The summed E-state index contributed by atoms with van der Waals surface area (Å²) < 4.78 is 28.0. The number of nitrogens with zero attached hydrogens (tertiary/aromatic N) is 3. The minimum Gasteiger partial charge on any atom is -0.359 e. The molecule has 0 aliphatic carbocycles. The summed E-state index contributed by atoms with van der Waals surface area (Å²) in [6.45, 7) is 2.70. The Bertz CT molecular complexity index is 801. The van der Waals surface area contributed by atoms with Crippen LogP contribution in [0.1, 0.15) is 43.5 Å². The topological polar surface area (TPSA) is 76.3 Å². The monoisotopic (exact) mass is 349 g/mol. The zero-order valence-corrected chi connectivity index (χ0v) is 14.9. The number of aryl methyl sites for hydroxylation is 1. The van der Waals surface area contributed by atoms with Gasteiger partial charge in [0.15, 0.2) is 15.7 Å². The Labute approximate surface area is 142 Å². The summed E-state index contributed by atoms with van der Waals surface area (Å²) in [7, 11) is -3.16. The minimum absolute atomic E-state index is 0.189. The smallest absolute Gasteiger partial charge is 0.246 e. The summed E-state index contributed by atoms with van der Waals surface area (Å²) >= 11 is 0. The number of rotatable bonds is 6. The second kappa shape index (κ2) is 6.93. The number of hydrogen-bond donors (Lipinski definition) is 0. The molecule has 0 unspecified atom stereocenters. The molecule has 6 nitrogen and oxygen atoms in total. The number of para-hydroxylation sites is 1. The third-order valence-corrected chi connectivity index (χ3v) is 5.10. The first-order chi connectivity index (χ1) is 11.5. The third kappa shape index (κ3) is 3.95. The van der Waals surface area contributed by atoms with Crippen LogP contribution in [0, 0.1) is 0 Å². The van der Waals surface area contributed by atoms with Crippen LogP contribution in [0.3, 0.4) is 0 Å². The van der Waals surface area contributed by atoms with Crippen LogP contribution in [0.4, 0.5) is 5.69 Å². The summed E-state index contributed by atoms with van der Waals surface area (Å²) in [5.41, 5.74) is 2.55. The average molecular weight is 349 g/mol. The molecule has 0 fully saturated rings. The van der Waals surface area contributed by atoms with Gasteiger partial charge in [0.2, 0.25) is 5.89 Å². The first-order valence-corrected chi connectivity index (χ1v) is 10.4. The molecule has 0 bridgehead atoms. The van der Waals surface area contributed by atoms with Gasteiger partial charge in [-0.15, -0.1) is 0 Å². The number of hydrogen-bond acceptors (Lipinski definition) is 6. The maximum absolute atomic E-state index is 11.4. The number of sulfone groups is 1. The zero-order valence-electron chi connectivity index (χ0n) is 14.1. The van der Waals surface area contributed by atoms with Crippen LogP contribution in [0.2, 0.25) is 0 Å². The van der Waals surface area contributed by atoms with Gasteiger partial charge in [-0.1, -0.05) is 36.7 Å². The van der Waals surface area contributed by atoms with Gasteiger partial charge in [0.25, 0.3) is 0 Å². The van der Waals surface area contributed by atoms with Gasteiger partial charge < -0.3 is 9.42 Å². The summed E-state index contributed by atoms with van der Waals surface area (Å²) in [5, 5.41) is 3.80. The van der Waals surface area contributed by atoms with Crippen molar-refractivity contribution in [2.75, 3.05) is 11.2 Å². The zero-order chi connectivity index (χ0) is 17.2. The molecule has 130 valence electrons. The van der Waals surface area contributed by atoms with E-state index in [4.69, 9.17) is 4.52 Å². The minimum atomic E-state index is -3.16. The first-order valence-electron chi connectivity index (χ1n) is 8.30. The van der Waals surface area contributed by atoms with Gasteiger partial charge in [-0.2, -0.15) is 4.98 Å². The molecule has 7 heteroatoms. The second-order valence-corrected chi connectivity index (χ2v) is 8.55. The SMILES string of the molecule is CCC[C@H]1CCc2ccccc2N1Cc1nc(CS(C)(=O)=O)no1. The van der Waals surface area contributed by atoms with Crippen molar-refractivity contribution in [3.05, 3.63) is 41.5 Å². The van der Waals surface area contributed by atoms with E-state index in [9.17, 15) is 8.42 Å². The Morgan fingerprint density at radius 2 is 2.12 bits per heavy atom.